The zero-order valence-electron chi connectivity index (χ0n) is 19.2. The third-order valence-electron chi connectivity index (χ3n) is 6.27. The Kier molecular flexibility index (Phi) is 6.14. The number of amides is 1. The van der Waals surface area contributed by atoms with Gasteiger partial charge in [-0.25, -0.2) is 8.42 Å². The molecule has 0 aliphatic carbocycles. The molecule has 5 rings (SSSR count). The van der Waals surface area contributed by atoms with E-state index in [1.54, 1.807) is 36.4 Å². The summed E-state index contributed by atoms with van der Waals surface area (Å²) in [6.07, 6.45) is 0. The highest BCUT2D eigenvalue weighted by molar-refractivity contribution is 7.89. The fourth-order valence-electron chi connectivity index (χ4n) is 4.41. The molecule has 4 aromatic rings. The third kappa shape index (κ3) is 4.34. The van der Waals surface area contributed by atoms with Gasteiger partial charge in [-0.1, -0.05) is 30.3 Å². The number of nitrogens with zero attached hydrogens (tertiary/aromatic N) is 2. The van der Waals surface area contributed by atoms with Gasteiger partial charge in [-0.15, -0.1) is 0 Å². The highest BCUT2D eigenvalue weighted by atomic mass is 32.2. The number of hydrogen-bond donors (Lipinski definition) is 1. The van der Waals surface area contributed by atoms with E-state index in [1.807, 2.05) is 35.8 Å². The first-order valence-corrected chi connectivity index (χ1v) is 12.8. The maximum atomic E-state index is 13.2. The molecule has 2 heterocycles. The quantitative estimate of drug-likeness (QED) is 0.433. The second-order valence-corrected chi connectivity index (χ2v) is 10.4. The first kappa shape index (κ1) is 23.2. The van der Waals surface area contributed by atoms with Crippen LogP contribution in [0.5, 0.6) is 0 Å². The average molecular weight is 492 g/mol. The van der Waals surface area contributed by atoms with E-state index >= 15 is 0 Å². The molecule has 9 heteroatoms. The van der Waals surface area contributed by atoms with Crippen molar-refractivity contribution in [1.29, 1.82) is 0 Å². The van der Waals surface area contributed by atoms with Gasteiger partial charge in [0.1, 0.15) is 6.54 Å². The maximum absolute atomic E-state index is 13.2. The van der Waals surface area contributed by atoms with Gasteiger partial charge in [0.2, 0.25) is 15.9 Å². The van der Waals surface area contributed by atoms with Crippen molar-refractivity contribution in [2.45, 2.75) is 18.4 Å². The van der Waals surface area contributed by atoms with E-state index in [0.29, 0.717) is 53.8 Å². The first-order valence-electron chi connectivity index (χ1n) is 11.3. The molecule has 1 saturated heterocycles. The molecule has 0 radical (unpaired) electrons. The molecule has 0 spiro atoms. The minimum atomic E-state index is -3.70. The average Bonchev–Trinajstić information content (AvgIpc) is 2.88. The monoisotopic (exact) mass is 491 g/mol. The predicted octanol–water partition coefficient (Wildman–Crippen LogP) is 3.12. The summed E-state index contributed by atoms with van der Waals surface area (Å²) in [4.78, 5) is 26.2. The van der Waals surface area contributed by atoms with Gasteiger partial charge in [-0.05, 0) is 48.9 Å². The van der Waals surface area contributed by atoms with Crippen LogP contribution in [0.4, 0.5) is 5.69 Å². The maximum Gasteiger partial charge on any atom is 0.244 e. The van der Waals surface area contributed by atoms with E-state index < -0.39 is 10.0 Å². The summed E-state index contributed by atoms with van der Waals surface area (Å²) in [5.74, 6) is -0.326. The number of fused-ring (bicyclic) bond motifs is 2. The van der Waals surface area contributed by atoms with Crippen molar-refractivity contribution in [2.24, 2.45) is 0 Å². The summed E-state index contributed by atoms with van der Waals surface area (Å²) in [6.45, 7) is 3.08. The Bertz CT molecular complexity index is 1540. The number of ether oxygens (including phenoxy) is 1. The molecule has 1 fully saturated rings. The highest BCUT2D eigenvalue weighted by Crippen LogP contribution is 2.24. The van der Waals surface area contributed by atoms with Crippen molar-refractivity contribution in [3.63, 3.8) is 0 Å². The Hall–Kier alpha value is -3.53. The predicted molar refractivity (Wildman–Crippen MR) is 135 cm³/mol. The van der Waals surface area contributed by atoms with Crippen LogP contribution in [0.1, 0.15) is 5.56 Å². The minimum Gasteiger partial charge on any atom is -0.379 e. The van der Waals surface area contributed by atoms with Crippen LogP contribution in [0.3, 0.4) is 0 Å². The molecule has 3 aromatic carbocycles. The van der Waals surface area contributed by atoms with Gasteiger partial charge < -0.3 is 14.6 Å². The second kappa shape index (κ2) is 9.26. The number of pyridine rings is 1. The smallest absolute Gasteiger partial charge is 0.244 e. The van der Waals surface area contributed by atoms with Crippen molar-refractivity contribution in [3.8, 4) is 0 Å². The lowest BCUT2D eigenvalue weighted by Crippen LogP contribution is -2.40. The lowest BCUT2D eigenvalue weighted by molar-refractivity contribution is -0.116. The van der Waals surface area contributed by atoms with Crippen LogP contribution in [0.15, 0.2) is 76.4 Å². The van der Waals surface area contributed by atoms with Crippen LogP contribution in [0.2, 0.25) is 0 Å². The number of aryl methyl sites for hydroxylation is 1. The number of rotatable bonds is 5. The van der Waals surface area contributed by atoms with E-state index in [2.05, 4.69) is 5.32 Å². The van der Waals surface area contributed by atoms with Crippen LogP contribution < -0.4 is 10.7 Å². The third-order valence-corrected chi connectivity index (χ3v) is 8.17. The molecule has 0 bridgehead atoms. The Morgan fingerprint density at radius 2 is 1.54 bits per heavy atom. The largest absolute Gasteiger partial charge is 0.379 e. The van der Waals surface area contributed by atoms with Crippen molar-refractivity contribution in [2.75, 3.05) is 31.6 Å². The zero-order chi connectivity index (χ0) is 24.6. The number of morpholine rings is 1. The van der Waals surface area contributed by atoms with Crippen LogP contribution in [-0.2, 0) is 26.1 Å². The molecule has 0 unspecified atom stereocenters. The lowest BCUT2D eigenvalue weighted by atomic mass is 10.1. The second-order valence-electron chi connectivity index (χ2n) is 8.49. The number of aromatic nitrogens is 1. The normalized spacial score (nSPS) is 14.9. The fourth-order valence-corrected chi connectivity index (χ4v) is 5.85. The molecule has 1 amide bonds. The van der Waals surface area contributed by atoms with Gasteiger partial charge in [-0.2, -0.15) is 4.31 Å². The number of sulfonamides is 1. The van der Waals surface area contributed by atoms with Gasteiger partial charge >= 0.3 is 0 Å². The summed E-state index contributed by atoms with van der Waals surface area (Å²) >= 11 is 0. The zero-order valence-corrected chi connectivity index (χ0v) is 20.0. The minimum absolute atomic E-state index is 0.0405. The number of hydrogen-bond acceptors (Lipinski definition) is 5. The van der Waals surface area contributed by atoms with Crippen LogP contribution in [0, 0.1) is 6.92 Å². The van der Waals surface area contributed by atoms with Gasteiger partial charge in [0.25, 0.3) is 0 Å². The SMILES string of the molecule is Cc1ccc(S(=O)(=O)N2CCOCC2)cc1NC(=O)Cn1c2ccccc2c(=O)c2ccccc21. The summed E-state index contributed by atoms with van der Waals surface area (Å²) in [5, 5.41) is 3.94. The Balaban J connectivity index is 1.48. The molecule has 8 nitrogen and oxygen atoms in total. The van der Waals surface area contributed by atoms with E-state index in [4.69, 9.17) is 4.74 Å². The number of carbonyl (C=O) groups excluding carboxylic acids is 1. The van der Waals surface area contributed by atoms with Crippen LogP contribution in [-0.4, -0.2) is 49.5 Å². The van der Waals surface area contributed by atoms with Gasteiger partial charge in [0, 0.05) is 29.5 Å². The molecule has 1 N–H and O–H groups in total. The molecule has 180 valence electrons. The van der Waals surface area contributed by atoms with Crippen molar-refractivity contribution >= 4 is 43.4 Å². The molecule has 1 aliphatic rings. The van der Waals surface area contributed by atoms with E-state index in [9.17, 15) is 18.0 Å². The van der Waals surface area contributed by atoms with Crippen LogP contribution in [0.25, 0.3) is 21.8 Å². The Morgan fingerprint density at radius 1 is 0.943 bits per heavy atom. The number of carbonyl (C=O) groups is 1. The van der Waals surface area contributed by atoms with Gasteiger partial charge in [-0.3, -0.25) is 9.59 Å². The number of anilines is 1. The molecule has 0 saturated carbocycles. The number of nitrogens with one attached hydrogen (secondary N) is 1. The van der Waals surface area contributed by atoms with Crippen LogP contribution >= 0.6 is 0 Å². The summed E-state index contributed by atoms with van der Waals surface area (Å²) in [6, 6.07) is 19.1. The van der Waals surface area contributed by atoms with Crippen molar-refractivity contribution < 1.29 is 17.9 Å². The van der Waals surface area contributed by atoms with E-state index in [0.717, 1.165) is 5.56 Å². The molecular weight excluding hydrogens is 466 g/mol. The van der Waals surface area contributed by atoms with E-state index in [-0.39, 0.29) is 22.8 Å². The highest BCUT2D eigenvalue weighted by Gasteiger charge is 2.27. The fraction of sp³-hybridized carbons (Fsp3) is 0.231. The Labute approximate surface area is 202 Å². The number of para-hydroxylation sites is 2. The van der Waals surface area contributed by atoms with Crippen molar-refractivity contribution in [3.05, 3.63) is 82.5 Å². The number of benzene rings is 3. The molecular formula is C26H25N3O5S. The standard InChI is InChI=1S/C26H25N3O5S/c1-18-10-11-19(35(32,33)28-12-14-34-15-13-28)16-22(18)27-25(30)17-29-23-8-4-2-6-20(23)26(31)21-7-3-5-9-24(21)29/h2-11,16H,12-15,17H2,1H3,(H,27,30). The Morgan fingerprint density at radius 3 is 2.17 bits per heavy atom. The van der Waals surface area contributed by atoms with Gasteiger partial charge in [0.15, 0.2) is 5.43 Å². The molecule has 0 atom stereocenters. The molecule has 35 heavy (non-hydrogen) atoms. The van der Waals surface area contributed by atoms with E-state index in [1.165, 1.54) is 10.4 Å². The lowest BCUT2D eigenvalue weighted by Gasteiger charge is -2.26. The van der Waals surface area contributed by atoms with Crippen molar-refractivity contribution in [1.82, 2.24) is 8.87 Å². The molecule has 1 aromatic heterocycles. The first-order chi connectivity index (χ1) is 16.9. The summed E-state index contributed by atoms with van der Waals surface area (Å²) < 4.78 is 34.6. The van der Waals surface area contributed by atoms with Gasteiger partial charge in [0.05, 0.1) is 29.1 Å². The molecule has 1 aliphatic heterocycles. The summed E-state index contributed by atoms with van der Waals surface area (Å²) in [7, 11) is -3.70. The summed E-state index contributed by atoms with van der Waals surface area (Å²) in [5.41, 5.74) is 2.41. The topological polar surface area (TPSA) is 97.7 Å².